The van der Waals surface area contributed by atoms with Crippen LogP contribution in [0.3, 0.4) is 0 Å². The molecule has 1 heterocycles. The highest BCUT2D eigenvalue weighted by Crippen LogP contribution is 2.34. The van der Waals surface area contributed by atoms with E-state index in [1.54, 1.807) is 25.6 Å². The Kier molecular flexibility index (Phi) is 5.44. The average Bonchev–Trinajstić information content (AvgIpc) is 3.02. The van der Waals surface area contributed by atoms with E-state index in [0.29, 0.717) is 0 Å². The number of nitrogens with one attached hydrogen (secondary N) is 1. The van der Waals surface area contributed by atoms with Gasteiger partial charge in [0.25, 0.3) is 0 Å². The van der Waals surface area contributed by atoms with Crippen LogP contribution in [0.4, 0.5) is 0 Å². The van der Waals surface area contributed by atoms with Gasteiger partial charge in [0.1, 0.15) is 11.5 Å². The molecule has 0 saturated heterocycles. The van der Waals surface area contributed by atoms with Crippen LogP contribution in [0.2, 0.25) is 0 Å². The second kappa shape index (κ2) is 7.31. The number of hydrogen-bond acceptors (Lipinski definition) is 4. The van der Waals surface area contributed by atoms with Crippen LogP contribution in [0.15, 0.2) is 35.7 Å². The summed E-state index contributed by atoms with van der Waals surface area (Å²) in [5.74, 6) is 1.66. The molecule has 1 atom stereocenters. The zero-order valence-corrected chi connectivity index (χ0v) is 13.0. The zero-order chi connectivity index (χ0) is 14.4. The second-order valence-electron chi connectivity index (χ2n) is 4.51. The maximum atomic E-state index is 5.53. The molecule has 0 aliphatic carbocycles. The smallest absolute Gasteiger partial charge is 0.127 e. The summed E-state index contributed by atoms with van der Waals surface area (Å²) in [4.78, 5) is 1.29. The fraction of sp³-hybridized carbons (Fsp3) is 0.375. The minimum atomic E-state index is 0.163. The molecular formula is C16H21NO2S. The molecule has 0 aliphatic rings. The van der Waals surface area contributed by atoms with Gasteiger partial charge < -0.3 is 14.8 Å². The van der Waals surface area contributed by atoms with Crippen molar-refractivity contribution in [1.29, 1.82) is 0 Å². The van der Waals surface area contributed by atoms with E-state index in [-0.39, 0.29) is 6.04 Å². The number of benzene rings is 1. The normalized spacial score (nSPS) is 12.2. The van der Waals surface area contributed by atoms with Gasteiger partial charge in [0, 0.05) is 16.5 Å². The maximum absolute atomic E-state index is 5.53. The summed E-state index contributed by atoms with van der Waals surface area (Å²) in [6, 6.07) is 10.4. The highest BCUT2D eigenvalue weighted by molar-refractivity contribution is 7.10. The highest BCUT2D eigenvalue weighted by Gasteiger charge is 2.19. The summed E-state index contributed by atoms with van der Waals surface area (Å²) in [6.45, 7) is 3.14. The Labute approximate surface area is 124 Å². The fourth-order valence-corrected chi connectivity index (χ4v) is 2.98. The molecule has 2 aromatic rings. The largest absolute Gasteiger partial charge is 0.497 e. The summed E-state index contributed by atoms with van der Waals surface area (Å²) in [7, 11) is 3.37. The number of thiophene rings is 1. The van der Waals surface area contributed by atoms with Gasteiger partial charge in [-0.05, 0) is 36.5 Å². The van der Waals surface area contributed by atoms with Crippen LogP contribution < -0.4 is 14.8 Å². The molecule has 2 rings (SSSR count). The Morgan fingerprint density at radius 1 is 1.20 bits per heavy atom. The van der Waals surface area contributed by atoms with Crippen LogP contribution in [0.1, 0.15) is 29.8 Å². The number of hydrogen-bond donors (Lipinski definition) is 1. The van der Waals surface area contributed by atoms with Crippen LogP contribution in [-0.2, 0) is 0 Å². The molecule has 108 valence electrons. The van der Waals surface area contributed by atoms with Gasteiger partial charge in [0.2, 0.25) is 0 Å². The van der Waals surface area contributed by atoms with Crippen molar-refractivity contribution in [3.05, 3.63) is 46.2 Å². The lowest BCUT2D eigenvalue weighted by Gasteiger charge is -2.20. The van der Waals surface area contributed by atoms with Crippen LogP contribution >= 0.6 is 11.3 Å². The molecule has 0 bridgehead atoms. The van der Waals surface area contributed by atoms with Crippen molar-refractivity contribution in [1.82, 2.24) is 5.32 Å². The minimum Gasteiger partial charge on any atom is -0.497 e. The first-order chi connectivity index (χ1) is 9.80. The van der Waals surface area contributed by atoms with Crippen LogP contribution in [0, 0.1) is 0 Å². The Morgan fingerprint density at radius 3 is 2.65 bits per heavy atom. The first kappa shape index (κ1) is 14.9. The van der Waals surface area contributed by atoms with Gasteiger partial charge in [-0.25, -0.2) is 0 Å². The van der Waals surface area contributed by atoms with Gasteiger partial charge in [-0.2, -0.15) is 0 Å². The van der Waals surface area contributed by atoms with Gasteiger partial charge in [0.15, 0.2) is 0 Å². The molecule has 0 aliphatic heterocycles. The molecule has 1 aromatic carbocycles. The van der Waals surface area contributed by atoms with Crippen molar-refractivity contribution in [3.63, 3.8) is 0 Å². The van der Waals surface area contributed by atoms with Crippen LogP contribution in [0.5, 0.6) is 11.5 Å². The van der Waals surface area contributed by atoms with Crippen molar-refractivity contribution in [3.8, 4) is 11.5 Å². The highest BCUT2D eigenvalue weighted by atomic mass is 32.1. The van der Waals surface area contributed by atoms with Crippen molar-refractivity contribution in [2.24, 2.45) is 0 Å². The fourth-order valence-electron chi connectivity index (χ4n) is 2.16. The van der Waals surface area contributed by atoms with Crippen LogP contribution in [0.25, 0.3) is 0 Å². The minimum absolute atomic E-state index is 0.163. The van der Waals surface area contributed by atoms with Crippen molar-refractivity contribution < 1.29 is 9.47 Å². The van der Waals surface area contributed by atoms with E-state index in [9.17, 15) is 0 Å². The predicted octanol–water partition coefficient (Wildman–Crippen LogP) is 3.85. The molecule has 0 radical (unpaired) electrons. The summed E-state index contributed by atoms with van der Waals surface area (Å²) in [5, 5.41) is 5.69. The quantitative estimate of drug-likeness (QED) is 0.840. The summed E-state index contributed by atoms with van der Waals surface area (Å²) in [5.41, 5.74) is 1.14. The molecule has 0 fully saturated rings. The van der Waals surface area contributed by atoms with Crippen molar-refractivity contribution in [2.45, 2.75) is 19.4 Å². The lowest BCUT2D eigenvalue weighted by atomic mass is 10.0. The molecule has 1 N–H and O–H groups in total. The maximum Gasteiger partial charge on any atom is 0.127 e. The molecular weight excluding hydrogens is 270 g/mol. The zero-order valence-electron chi connectivity index (χ0n) is 12.2. The molecule has 3 nitrogen and oxygen atoms in total. The van der Waals surface area contributed by atoms with E-state index < -0.39 is 0 Å². The predicted molar refractivity (Wildman–Crippen MR) is 84.0 cm³/mol. The van der Waals surface area contributed by atoms with E-state index in [1.165, 1.54) is 4.88 Å². The first-order valence-corrected chi connectivity index (χ1v) is 7.66. The Morgan fingerprint density at radius 2 is 2.05 bits per heavy atom. The molecule has 0 spiro atoms. The van der Waals surface area contributed by atoms with Crippen molar-refractivity contribution in [2.75, 3.05) is 20.8 Å². The molecule has 0 amide bonds. The van der Waals surface area contributed by atoms with E-state index in [2.05, 4.69) is 35.8 Å². The molecule has 1 aromatic heterocycles. The molecule has 4 heteroatoms. The first-order valence-electron chi connectivity index (χ1n) is 6.78. The third-order valence-corrected chi connectivity index (χ3v) is 4.11. The van der Waals surface area contributed by atoms with Crippen LogP contribution in [-0.4, -0.2) is 20.8 Å². The lowest BCUT2D eigenvalue weighted by Crippen LogP contribution is -2.22. The van der Waals surface area contributed by atoms with E-state index in [1.807, 2.05) is 12.1 Å². The SMILES string of the molecule is CCCNC(c1cccs1)c1ccc(OC)cc1OC. The molecule has 0 saturated carbocycles. The number of ether oxygens (including phenoxy) is 2. The van der Waals surface area contributed by atoms with Gasteiger partial charge in [-0.15, -0.1) is 11.3 Å². The Bertz CT molecular complexity index is 525. The number of methoxy groups -OCH3 is 2. The monoisotopic (exact) mass is 291 g/mol. The van der Waals surface area contributed by atoms with Crippen molar-refractivity contribution >= 4 is 11.3 Å². The van der Waals surface area contributed by atoms with E-state index in [0.717, 1.165) is 30.0 Å². The van der Waals surface area contributed by atoms with Gasteiger partial charge in [-0.1, -0.05) is 13.0 Å². The topological polar surface area (TPSA) is 30.5 Å². The Hall–Kier alpha value is -1.52. The van der Waals surface area contributed by atoms with Gasteiger partial charge in [0.05, 0.1) is 20.3 Å². The summed E-state index contributed by atoms with van der Waals surface area (Å²) in [6.07, 6.45) is 1.10. The molecule has 20 heavy (non-hydrogen) atoms. The van der Waals surface area contributed by atoms with E-state index >= 15 is 0 Å². The Balaban J connectivity index is 2.37. The lowest BCUT2D eigenvalue weighted by molar-refractivity contribution is 0.387. The number of rotatable bonds is 7. The van der Waals surface area contributed by atoms with Gasteiger partial charge in [-0.3, -0.25) is 0 Å². The van der Waals surface area contributed by atoms with E-state index in [4.69, 9.17) is 9.47 Å². The summed E-state index contributed by atoms with van der Waals surface area (Å²) >= 11 is 1.76. The van der Waals surface area contributed by atoms with Gasteiger partial charge >= 0.3 is 0 Å². The second-order valence-corrected chi connectivity index (χ2v) is 5.49. The third kappa shape index (κ3) is 3.32. The third-order valence-electron chi connectivity index (χ3n) is 3.18. The average molecular weight is 291 g/mol. The summed E-state index contributed by atoms with van der Waals surface area (Å²) < 4.78 is 10.8. The molecule has 1 unspecified atom stereocenters. The standard InChI is InChI=1S/C16H21NO2S/c1-4-9-17-16(15-6-5-10-20-15)13-8-7-12(18-2)11-14(13)19-3/h5-8,10-11,16-17H,4,9H2,1-3H3.